The van der Waals surface area contributed by atoms with Crippen molar-refractivity contribution in [2.45, 2.75) is 50.6 Å². The van der Waals surface area contributed by atoms with E-state index in [9.17, 15) is 4.79 Å². The zero-order valence-corrected chi connectivity index (χ0v) is 10.0. The van der Waals surface area contributed by atoms with Crippen molar-refractivity contribution in [1.82, 2.24) is 15.3 Å². The highest BCUT2D eigenvalue weighted by Gasteiger charge is 2.29. The lowest BCUT2D eigenvalue weighted by Crippen LogP contribution is -2.45. The number of carbonyl (C=O) groups excluding carboxylic acids is 1. The zero-order chi connectivity index (χ0) is 12.1. The van der Waals surface area contributed by atoms with Gasteiger partial charge >= 0.3 is 0 Å². The summed E-state index contributed by atoms with van der Waals surface area (Å²) in [5.74, 6) is 0.0315. The van der Waals surface area contributed by atoms with E-state index in [0.29, 0.717) is 13.0 Å². The van der Waals surface area contributed by atoms with Crippen LogP contribution in [0.3, 0.4) is 0 Å². The SMILES string of the molecule is NC1(CC(=O)NCc2cnc[nH]2)CCCCC1. The molecule has 1 saturated carbocycles. The van der Waals surface area contributed by atoms with Crippen LogP contribution in [0.25, 0.3) is 0 Å². The van der Waals surface area contributed by atoms with E-state index >= 15 is 0 Å². The van der Waals surface area contributed by atoms with Gasteiger partial charge in [-0.15, -0.1) is 0 Å². The molecule has 4 N–H and O–H groups in total. The smallest absolute Gasteiger partial charge is 0.222 e. The van der Waals surface area contributed by atoms with Gasteiger partial charge in [0.05, 0.1) is 18.6 Å². The molecule has 0 bridgehead atoms. The Balaban J connectivity index is 1.76. The Kier molecular flexibility index (Phi) is 3.78. The van der Waals surface area contributed by atoms with E-state index in [4.69, 9.17) is 5.73 Å². The molecule has 1 aliphatic rings. The summed E-state index contributed by atoms with van der Waals surface area (Å²) in [4.78, 5) is 18.6. The van der Waals surface area contributed by atoms with Crippen LogP contribution >= 0.6 is 0 Å². The number of hydrogen-bond acceptors (Lipinski definition) is 3. The van der Waals surface area contributed by atoms with Crippen molar-refractivity contribution in [2.24, 2.45) is 5.73 Å². The number of imidazole rings is 1. The number of rotatable bonds is 4. The van der Waals surface area contributed by atoms with Gasteiger partial charge < -0.3 is 16.0 Å². The van der Waals surface area contributed by atoms with E-state index < -0.39 is 0 Å². The van der Waals surface area contributed by atoms with Crippen molar-refractivity contribution in [1.29, 1.82) is 0 Å². The van der Waals surface area contributed by atoms with Crippen LogP contribution in [0.5, 0.6) is 0 Å². The fourth-order valence-corrected chi connectivity index (χ4v) is 2.39. The Hall–Kier alpha value is -1.36. The normalized spacial score (nSPS) is 18.9. The van der Waals surface area contributed by atoms with Gasteiger partial charge in [0.1, 0.15) is 0 Å². The Morgan fingerprint density at radius 3 is 2.88 bits per heavy atom. The molecule has 1 aromatic heterocycles. The van der Waals surface area contributed by atoms with Crippen LogP contribution in [0.15, 0.2) is 12.5 Å². The molecule has 17 heavy (non-hydrogen) atoms. The quantitative estimate of drug-likeness (QED) is 0.731. The molecule has 0 atom stereocenters. The fourth-order valence-electron chi connectivity index (χ4n) is 2.39. The molecule has 0 saturated heterocycles. The fraction of sp³-hybridized carbons (Fsp3) is 0.667. The van der Waals surface area contributed by atoms with E-state index in [0.717, 1.165) is 31.4 Å². The highest BCUT2D eigenvalue weighted by Crippen LogP contribution is 2.28. The second kappa shape index (κ2) is 5.31. The lowest BCUT2D eigenvalue weighted by molar-refractivity contribution is -0.122. The molecular formula is C12H20N4O. The van der Waals surface area contributed by atoms with Crippen LogP contribution in [-0.4, -0.2) is 21.4 Å². The van der Waals surface area contributed by atoms with Crippen LogP contribution < -0.4 is 11.1 Å². The van der Waals surface area contributed by atoms with Gasteiger partial charge in [0.2, 0.25) is 5.91 Å². The maximum Gasteiger partial charge on any atom is 0.222 e. The minimum atomic E-state index is -0.281. The van der Waals surface area contributed by atoms with Gasteiger partial charge in [-0.3, -0.25) is 4.79 Å². The molecule has 5 heteroatoms. The van der Waals surface area contributed by atoms with E-state index in [1.807, 2.05) is 0 Å². The van der Waals surface area contributed by atoms with Gasteiger partial charge in [-0.2, -0.15) is 0 Å². The van der Waals surface area contributed by atoms with E-state index in [1.165, 1.54) is 6.42 Å². The average molecular weight is 236 g/mol. The molecule has 0 aromatic carbocycles. The Labute approximate surface area is 101 Å². The topological polar surface area (TPSA) is 83.8 Å². The molecule has 2 rings (SSSR count). The van der Waals surface area contributed by atoms with Gasteiger partial charge in [-0.25, -0.2) is 4.98 Å². The number of nitrogens with two attached hydrogens (primary N) is 1. The molecule has 1 heterocycles. The highest BCUT2D eigenvalue weighted by molar-refractivity contribution is 5.77. The molecule has 0 spiro atoms. The van der Waals surface area contributed by atoms with Crippen LogP contribution in [0.4, 0.5) is 0 Å². The first-order chi connectivity index (χ1) is 8.18. The van der Waals surface area contributed by atoms with Crippen molar-refractivity contribution in [2.75, 3.05) is 0 Å². The Morgan fingerprint density at radius 1 is 1.47 bits per heavy atom. The van der Waals surface area contributed by atoms with Crippen molar-refractivity contribution in [3.63, 3.8) is 0 Å². The van der Waals surface area contributed by atoms with Crippen molar-refractivity contribution < 1.29 is 4.79 Å². The van der Waals surface area contributed by atoms with Gasteiger partial charge in [0.25, 0.3) is 0 Å². The third kappa shape index (κ3) is 3.56. The largest absolute Gasteiger partial charge is 0.350 e. The first-order valence-electron chi connectivity index (χ1n) is 6.21. The minimum Gasteiger partial charge on any atom is -0.350 e. The van der Waals surface area contributed by atoms with Crippen molar-refractivity contribution >= 4 is 5.91 Å². The summed E-state index contributed by atoms with van der Waals surface area (Å²) in [5, 5.41) is 2.87. The summed E-state index contributed by atoms with van der Waals surface area (Å²) >= 11 is 0. The van der Waals surface area contributed by atoms with Crippen LogP contribution in [0.2, 0.25) is 0 Å². The number of aromatic amines is 1. The number of hydrogen-bond donors (Lipinski definition) is 3. The summed E-state index contributed by atoms with van der Waals surface area (Å²) < 4.78 is 0. The van der Waals surface area contributed by atoms with Gasteiger partial charge in [-0.1, -0.05) is 19.3 Å². The summed E-state index contributed by atoms with van der Waals surface area (Å²) in [6.07, 6.45) is 9.20. The number of nitrogens with one attached hydrogen (secondary N) is 2. The predicted molar refractivity (Wildman–Crippen MR) is 65.1 cm³/mol. The van der Waals surface area contributed by atoms with Gasteiger partial charge in [-0.05, 0) is 12.8 Å². The van der Waals surface area contributed by atoms with E-state index in [-0.39, 0.29) is 11.4 Å². The third-order valence-electron chi connectivity index (χ3n) is 3.39. The van der Waals surface area contributed by atoms with E-state index in [1.54, 1.807) is 12.5 Å². The first-order valence-corrected chi connectivity index (χ1v) is 6.21. The van der Waals surface area contributed by atoms with Crippen LogP contribution in [0, 0.1) is 0 Å². The second-order valence-corrected chi connectivity index (χ2v) is 4.95. The summed E-state index contributed by atoms with van der Waals surface area (Å²) in [6, 6.07) is 0. The molecule has 0 radical (unpaired) electrons. The molecule has 1 aromatic rings. The summed E-state index contributed by atoms with van der Waals surface area (Å²) in [5.41, 5.74) is 6.86. The lowest BCUT2D eigenvalue weighted by Gasteiger charge is -2.32. The molecule has 1 fully saturated rings. The summed E-state index contributed by atoms with van der Waals surface area (Å²) in [6.45, 7) is 0.495. The summed E-state index contributed by atoms with van der Waals surface area (Å²) in [7, 11) is 0. The predicted octanol–water partition coefficient (Wildman–Crippen LogP) is 1.08. The van der Waals surface area contributed by atoms with Gasteiger partial charge in [0.15, 0.2) is 0 Å². The lowest BCUT2D eigenvalue weighted by atomic mass is 9.80. The van der Waals surface area contributed by atoms with Crippen molar-refractivity contribution in [3.05, 3.63) is 18.2 Å². The number of H-pyrrole nitrogens is 1. The maximum atomic E-state index is 11.8. The van der Waals surface area contributed by atoms with Crippen molar-refractivity contribution in [3.8, 4) is 0 Å². The third-order valence-corrected chi connectivity index (χ3v) is 3.39. The first kappa shape index (κ1) is 12.1. The maximum absolute atomic E-state index is 11.8. The number of carbonyl (C=O) groups is 1. The van der Waals surface area contributed by atoms with Crippen LogP contribution in [-0.2, 0) is 11.3 Å². The molecule has 1 amide bonds. The second-order valence-electron chi connectivity index (χ2n) is 4.95. The Bertz CT molecular complexity index is 355. The van der Waals surface area contributed by atoms with Crippen LogP contribution in [0.1, 0.15) is 44.2 Å². The standard InChI is InChI=1S/C12H20N4O/c13-12(4-2-1-3-5-12)6-11(17)15-8-10-7-14-9-16-10/h7,9H,1-6,8,13H2,(H,14,16)(H,15,17). The Morgan fingerprint density at radius 2 is 2.24 bits per heavy atom. The molecular weight excluding hydrogens is 216 g/mol. The molecule has 0 unspecified atom stereocenters. The molecule has 5 nitrogen and oxygen atoms in total. The highest BCUT2D eigenvalue weighted by atomic mass is 16.1. The van der Waals surface area contributed by atoms with E-state index in [2.05, 4.69) is 15.3 Å². The molecule has 1 aliphatic carbocycles. The average Bonchev–Trinajstić information content (AvgIpc) is 2.79. The monoisotopic (exact) mass is 236 g/mol. The number of nitrogens with zero attached hydrogens (tertiary/aromatic N) is 1. The zero-order valence-electron chi connectivity index (χ0n) is 10.0. The van der Waals surface area contributed by atoms with Gasteiger partial charge in [0, 0.05) is 18.2 Å². The minimum absolute atomic E-state index is 0.0315. The molecule has 0 aliphatic heterocycles. The number of aromatic nitrogens is 2. The molecule has 94 valence electrons. The number of amides is 1.